The summed E-state index contributed by atoms with van der Waals surface area (Å²) in [5.41, 5.74) is 12.9. The minimum Gasteiger partial charge on any atom is -0.384 e. The molecular weight excluding hydrogens is 280 g/mol. The Balaban J connectivity index is 1.85. The van der Waals surface area contributed by atoms with Crippen molar-refractivity contribution in [2.45, 2.75) is 19.4 Å². The van der Waals surface area contributed by atoms with Crippen molar-refractivity contribution < 1.29 is 9.59 Å². The van der Waals surface area contributed by atoms with Gasteiger partial charge in [0.2, 0.25) is 11.8 Å². The Morgan fingerprint density at radius 1 is 1.14 bits per heavy atom. The van der Waals surface area contributed by atoms with Gasteiger partial charge in [0.05, 0.1) is 0 Å². The third kappa shape index (κ3) is 4.31. The molecule has 0 radical (unpaired) electrons. The summed E-state index contributed by atoms with van der Waals surface area (Å²) in [6.07, 6.45) is 2.37. The van der Waals surface area contributed by atoms with E-state index in [2.05, 4.69) is 10.3 Å². The number of carbonyl (C=O) groups excluding carboxylic acids is 2. The van der Waals surface area contributed by atoms with Crippen LogP contribution in [0.2, 0.25) is 0 Å². The van der Waals surface area contributed by atoms with Crippen LogP contribution in [0.15, 0.2) is 42.6 Å². The number of pyridine rings is 1. The average molecular weight is 298 g/mol. The molecule has 2 aromatic rings. The molecule has 0 atom stereocenters. The predicted octanol–water partition coefficient (Wildman–Crippen LogP) is 1.01. The number of nitrogens with two attached hydrogens (primary N) is 2. The van der Waals surface area contributed by atoms with Crippen molar-refractivity contribution in [3.05, 3.63) is 59.3 Å². The zero-order chi connectivity index (χ0) is 15.9. The maximum absolute atomic E-state index is 11.9. The van der Waals surface area contributed by atoms with Crippen LogP contribution in [-0.2, 0) is 17.8 Å². The summed E-state index contributed by atoms with van der Waals surface area (Å²) in [5.74, 6) is -0.141. The Morgan fingerprint density at radius 2 is 1.91 bits per heavy atom. The zero-order valence-corrected chi connectivity index (χ0v) is 12.1. The lowest BCUT2D eigenvalue weighted by atomic mass is 10.0. The van der Waals surface area contributed by atoms with Crippen LogP contribution in [0.5, 0.6) is 0 Å². The minimum absolute atomic E-state index is 0.101. The highest BCUT2D eigenvalue weighted by Gasteiger charge is 2.09. The molecule has 2 amide bonds. The molecule has 0 fully saturated rings. The van der Waals surface area contributed by atoms with Gasteiger partial charge in [0.15, 0.2) is 0 Å². The molecule has 2 rings (SSSR count). The van der Waals surface area contributed by atoms with Crippen LogP contribution in [0.4, 0.5) is 5.82 Å². The van der Waals surface area contributed by atoms with E-state index in [4.69, 9.17) is 11.5 Å². The monoisotopic (exact) mass is 298 g/mol. The van der Waals surface area contributed by atoms with Crippen molar-refractivity contribution in [1.82, 2.24) is 10.3 Å². The van der Waals surface area contributed by atoms with Gasteiger partial charge >= 0.3 is 0 Å². The van der Waals surface area contributed by atoms with Crippen LogP contribution in [-0.4, -0.2) is 16.8 Å². The van der Waals surface area contributed by atoms with Crippen LogP contribution >= 0.6 is 0 Å². The number of hydrogen-bond donors (Lipinski definition) is 3. The molecule has 1 aromatic carbocycles. The van der Waals surface area contributed by atoms with E-state index in [0.29, 0.717) is 24.3 Å². The van der Waals surface area contributed by atoms with Crippen molar-refractivity contribution in [1.29, 1.82) is 0 Å². The lowest BCUT2D eigenvalue weighted by molar-refractivity contribution is -0.121. The molecule has 0 bridgehead atoms. The van der Waals surface area contributed by atoms with Gasteiger partial charge in [0.1, 0.15) is 5.82 Å². The minimum atomic E-state index is -0.482. The third-order valence-electron chi connectivity index (χ3n) is 3.24. The average Bonchev–Trinajstić information content (AvgIpc) is 2.52. The fourth-order valence-electron chi connectivity index (χ4n) is 2.06. The number of anilines is 1. The number of primary amides is 1. The number of aryl methyl sites for hydroxylation is 1. The fraction of sp³-hybridized carbons (Fsp3) is 0.188. The molecule has 6 heteroatoms. The van der Waals surface area contributed by atoms with Gasteiger partial charge < -0.3 is 16.8 Å². The molecule has 0 aliphatic heterocycles. The van der Waals surface area contributed by atoms with Crippen LogP contribution in [0.3, 0.4) is 0 Å². The van der Waals surface area contributed by atoms with E-state index in [1.807, 2.05) is 12.1 Å². The van der Waals surface area contributed by atoms with Crippen molar-refractivity contribution in [2.24, 2.45) is 5.73 Å². The Bertz CT molecular complexity index is 668. The molecule has 0 unspecified atom stereocenters. The Labute approximate surface area is 128 Å². The predicted molar refractivity (Wildman–Crippen MR) is 83.8 cm³/mol. The Kier molecular flexibility index (Phi) is 5.08. The summed E-state index contributed by atoms with van der Waals surface area (Å²) in [4.78, 5) is 27.1. The number of hydrogen-bond acceptors (Lipinski definition) is 4. The number of aromatic nitrogens is 1. The number of carbonyl (C=O) groups is 2. The summed E-state index contributed by atoms with van der Waals surface area (Å²) < 4.78 is 0. The number of amides is 2. The second-order valence-electron chi connectivity index (χ2n) is 4.89. The molecule has 0 spiro atoms. The first-order valence-corrected chi connectivity index (χ1v) is 6.91. The molecule has 0 saturated heterocycles. The molecule has 114 valence electrons. The molecule has 1 aromatic heterocycles. The van der Waals surface area contributed by atoms with Crippen LogP contribution in [0.25, 0.3) is 0 Å². The lowest BCUT2D eigenvalue weighted by Crippen LogP contribution is -2.23. The summed E-state index contributed by atoms with van der Waals surface area (Å²) in [7, 11) is 0. The van der Waals surface area contributed by atoms with Crippen LogP contribution < -0.4 is 16.8 Å². The van der Waals surface area contributed by atoms with E-state index in [-0.39, 0.29) is 12.3 Å². The quantitative estimate of drug-likeness (QED) is 0.739. The van der Waals surface area contributed by atoms with Gasteiger partial charge in [0.25, 0.3) is 0 Å². The largest absolute Gasteiger partial charge is 0.384 e. The van der Waals surface area contributed by atoms with Crippen molar-refractivity contribution >= 4 is 17.6 Å². The highest BCUT2D eigenvalue weighted by Crippen LogP contribution is 2.10. The zero-order valence-electron chi connectivity index (χ0n) is 12.1. The highest BCUT2D eigenvalue weighted by molar-refractivity contribution is 5.94. The van der Waals surface area contributed by atoms with E-state index in [0.717, 1.165) is 11.1 Å². The normalized spacial score (nSPS) is 10.2. The van der Waals surface area contributed by atoms with E-state index >= 15 is 0 Å². The van der Waals surface area contributed by atoms with Crippen molar-refractivity contribution in [3.8, 4) is 0 Å². The fourth-order valence-corrected chi connectivity index (χ4v) is 2.06. The summed E-state index contributed by atoms with van der Waals surface area (Å²) in [6.45, 7) is 0.392. The number of nitrogens with zero attached hydrogens (tertiary/aromatic N) is 1. The smallest absolute Gasteiger partial charge is 0.248 e. The van der Waals surface area contributed by atoms with Gasteiger partial charge in [-0.3, -0.25) is 9.59 Å². The highest BCUT2D eigenvalue weighted by atomic mass is 16.1. The van der Waals surface area contributed by atoms with Crippen LogP contribution in [0.1, 0.15) is 27.9 Å². The number of nitrogen functional groups attached to an aromatic ring is 1. The molecular formula is C16H18N4O2. The summed E-state index contributed by atoms with van der Waals surface area (Å²) in [6, 6.07) is 10.5. The van der Waals surface area contributed by atoms with Gasteiger partial charge in [-0.15, -0.1) is 0 Å². The molecule has 0 aliphatic rings. The van der Waals surface area contributed by atoms with Gasteiger partial charge in [0, 0.05) is 24.7 Å². The first-order chi connectivity index (χ1) is 10.6. The summed E-state index contributed by atoms with van der Waals surface area (Å²) >= 11 is 0. The summed E-state index contributed by atoms with van der Waals surface area (Å²) in [5, 5.41) is 2.80. The number of rotatable bonds is 6. The molecule has 0 aliphatic carbocycles. The van der Waals surface area contributed by atoms with E-state index in [9.17, 15) is 9.59 Å². The first kappa shape index (κ1) is 15.5. The molecule has 0 saturated carbocycles. The Morgan fingerprint density at radius 3 is 2.59 bits per heavy atom. The maximum atomic E-state index is 11.9. The van der Waals surface area contributed by atoms with E-state index in [1.165, 1.54) is 0 Å². The van der Waals surface area contributed by atoms with Crippen LogP contribution in [0, 0.1) is 0 Å². The molecule has 6 nitrogen and oxygen atoms in total. The topological polar surface area (TPSA) is 111 Å². The third-order valence-corrected chi connectivity index (χ3v) is 3.24. The van der Waals surface area contributed by atoms with Crippen molar-refractivity contribution in [2.75, 3.05) is 5.73 Å². The molecule has 1 heterocycles. The SMILES string of the molecule is NC(=O)c1ccccc1CCC(=O)NCc1ccc(N)nc1. The van der Waals surface area contributed by atoms with Gasteiger partial charge in [-0.1, -0.05) is 24.3 Å². The Hall–Kier alpha value is -2.89. The van der Waals surface area contributed by atoms with E-state index in [1.54, 1.807) is 30.5 Å². The molecule has 22 heavy (non-hydrogen) atoms. The van der Waals surface area contributed by atoms with Gasteiger partial charge in [-0.2, -0.15) is 0 Å². The number of benzene rings is 1. The maximum Gasteiger partial charge on any atom is 0.248 e. The lowest BCUT2D eigenvalue weighted by Gasteiger charge is -2.08. The molecule has 5 N–H and O–H groups in total. The van der Waals surface area contributed by atoms with Crippen molar-refractivity contribution in [3.63, 3.8) is 0 Å². The second-order valence-corrected chi connectivity index (χ2v) is 4.89. The standard InChI is InChI=1S/C16H18N4O2/c17-14-7-5-11(9-19-14)10-20-15(21)8-6-12-3-1-2-4-13(12)16(18)22/h1-5,7,9H,6,8,10H2,(H2,17,19)(H2,18,22)(H,20,21). The number of nitrogens with one attached hydrogen (secondary N) is 1. The first-order valence-electron chi connectivity index (χ1n) is 6.91. The van der Waals surface area contributed by atoms with E-state index < -0.39 is 5.91 Å². The second kappa shape index (κ2) is 7.21. The van der Waals surface area contributed by atoms with Gasteiger partial charge in [-0.05, 0) is 29.7 Å². The van der Waals surface area contributed by atoms with Gasteiger partial charge in [-0.25, -0.2) is 4.98 Å².